The van der Waals surface area contributed by atoms with Crippen LogP contribution in [0, 0.1) is 6.92 Å². The van der Waals surface area contributed by atoms with Gasteiger partial charge in [-0.05, 0) is 50.7 Å². The average Bonchev–Trinajstić information content (AvgIpc) is 3.02. The molecule has 0 radical (unpaired) electrons. The molecule has 6 heteroatoms. The molecular weight excluding hydrogens is 378 g/mol. The Kier molecular flexibility index (Phi) is 7.00. The summed E-state index contributed by atoms with van der Waals surface area (Å²) in [6.45, 7) is 9.33. The van der Waals surface area contributed by atoms with Gasteiger partial charge in [-0.2, -0.15) is 0 Å². The summed E-state index contributed by atoms with van der Waals surface area (Å²) in [5.74, 6) is -1.34. The summed E-state index contributed by atoms with van der Waals surface area (Å²) in [7, 11) is 0. The molecule has 1 saturated heterocycles. The highest BCUT2D eigenvalue weighted by Crippen LogP contribution is 2.39. The van der Waals surface area contributed by atoms with Gasteiger partial charge >= 0.3 is 0 Å². The van der Waals surface area contributed by atoms with E-state index in [1.165, 1.54) is 0 Å². The predicted octanol–water partition coefficient (Wildman–Crippen LogP) is 3.54. The van der Waals surface area contributed by atoms with E-state index in [-0.39, 0.29) is 11.3 Å². The van der Waals surface area contributed by atoms with E-state index in [1.54, 1.807) is 41.6 Å². The first kappa shape index (κ1) is 21.7. The minimum Gasteiger partial charge on any atom is -0.507 e. The van der Waals surface area contributed by atoms with Crippen LogP contribution >= 0.6 is 0 Å². The van der Waals surface area contributed by atoms with Crippen LogP contribution in [0.4, 0.5) is 0 Å². The summed E-state index contributed by atoms with van der Waals surface area (Å²) in [6.07, 6.45) is 4.02. The lowest BCUT2D eigenvalue weighted by Gasteiger charge is -2.26. The van der Waals surface area contributed by atoms with Gasteiger partial charge in [-0.1, -0.05) is 43.7 Å². The number of aromatic nitrogens is 1. The van der Waals surface area contributed by atoms with Crippen molar-refractivity contribution in [1.29, 1.82) is 0 Å². The Morgan fingerprint density at radius 2 is 1.70 bits per heavy atom. The molecule has 0 saturated carbocycles. The fourth-order valence-electron chi connectivity index (χ4n) is 3.87. The van der Waals surface area contributed by atoms with Crippen LogP contribution in [-0.2, 0) is 9.59 Å². The molecule has 0 aliphatic carbocycles. The number of Topliss-reactive ketones (excluding diaryl/α,β-unsaturated/α-hetero) is 1. The van der Waals surface area contributed by atoms with Crippen LogP contribution in [0.25, 0.3) is 5.76 Å². The van der Waals surface area contributed by atoms with Crippen molar-refractivity contribution < 1.29 is 14.7 Å². The number of ketones is 1. The molecule has 3 rings (SSSR count). The van der Waals surface area contributed by atoms with E-state index < -0.39 is 17.7 Å². The number of likely N-dealkylation sites (tertiary alicyclic amines) is 1. The van der Waals surface area contributed by atoms with Crippen LogP contribution in [0.5, 0.6) is 0 Å². The van der Waals surface area contributed by atoms with Gasteiger partial charge in [0.2, 0.25) is 0 Å². The van der Waals surface area contributed by atoms with E-state index >= 15 is 0 Å². The van der Waals surface area contributed by atoms with Gasteiger partial charge in [0.15, 0.2) is 0 Å². The van der Waals surface area contributed by atoms with Gasteiger partial charge in [-0.3, -0.25) is 14.6 Å². The monoisotopic (exact) mass is 407 g/mol. The largest absolute Gasteiger partial charge is 0.507 e. The number of aryl methyl sites for hydroxylation is 1. The first-order valence-corrected chi connectivity index (χ1v) is 10.5. The van der Waals surface area contributed by atoms with Crippen molar-refractivity contribution in [2.75, 3.05) is 26.2 Å². The fraction of sp³-hybridized carbons (Fsp3) is 0.375. The Hall–Kier alpha value is -2.99. The van der Waals surface area contributed by atoms with Crippen molar-refractivity contribution in [2.24, 2.45) is 0 Å². The normalized spacial score (nSPS) is 18.4. The van der Waals surface area contributed by atoms with Gasteiger partial charge in [-0.25, -0.2) is 0 Å². The first-order valence-electron chi connectivity index (χ1n) is 10.5. The molecule has 0 bridgehead atoms. The van der Waals surface area contributed by atoms with E-state index in [1.807, 2.05) is 19.1 Å². The van der Waals surface area contributed by atoms with Gasteiger partial charge in [-0.15, -0.1) is 0 Å². The van der Waals surface area contributed by atoms with Crippen molar-refractivity contribution >= 4 is 17.4 Å². The highest BCUT2D eigenvalue weighted by molar-refractivity contribution is 6.46. The van der Waals surface area contributed by atoms with Crippen LogP contribution in [-0.4, -0.2) is 57.8 Å². The van der Waals surface area contributed by atoms with E-state index in [0.717, 1.165) is 37.2 Å². The van der Waals surface area contributed by atoms with Crippen molar-refractivity contribution in [3.8, 4) is 0 Å². The van der Waals surface area contributed by atoms with Crippen molar-refractivity contribution in [3.05, 3.63) is 71.1 Å². The van der Waals surface area contributed by atoms with Crippen molar-refractivity contribution in [2.45, 2.75) is 33.2 Å². The van der Waals surface area contributed by atoms with E-state index in [9.17, 15) is 14.7 Å². The summed E-state index contributed by atoms with van der Waals surface area (Å²) >= 11 is 0. The zero-order valence-corrected chi connectivity index (χ0v) is 17.8. The van der Waals surface area contributed by atoms with Crippen LogP contribution in [0.1, 0.15) is 43.0 Å². The highest BCUT2D eigenvalue weighted by atomic mass is 16.3. The number of aliphatic hydroxyl groups is 1. The average molecular weight is 408 g/mol. The van der Waals surface area contributed by atoms with Crippen LogP contribution < -0.4 is 0 Å². The lowest BCUT2D eigenvalue weighted by atomic mass is 9.95. The first-order chi connectivity index (χ1) is 14.5. The molecule has 1 aliphatic heterocycles. The minimum absolute atomic E-state index is 0.137. The number of carbonyl (C=O) groups excluding carboxylic acids is 2. The SMILES string of the molecule is CCN(CC)CCCN1C(=O)C(=O)/C(=C(\O)c2ccc(C)cc2)C1c1ccncc1. The lowest BCUT2D eigenvalue weighted by molar-refractivity contribution is -0.140. The number of aliphatic hydroxyl groups excluding tert-OH is 1. The zero-order chi connectivity index (χ0) is 21.7. The summed E-state index contributed by atoms with van der Waals surface area (Å²) in [6, 6.07) is 10.2. The molecule has 1 aromatic heterocycles. The Morgan fingerprint density at radius 1 is 1.07 bits per heavy atom. The quantitative estimate of drug-likeness (QED) is 0.412. The lowest BCUT2D eigenvalue weighted by Crippen LogP contribution is -2.33. The molecule has 1 aliphatic rings. The van der Waals surface area contributed by atoms with Gasteiger partial charge in [0, 0.05) is 24.5 Å². The molecule has 2 heterocycles. The number of carbonyl (C=O) groups is 2. The number of amides is 1. The predicted molar refractivity (Wildman–Crippen MR) is 117 cm³/mol. The zero-order valence-electron chi connectivity index (χ0n) is 17.8. The van der Waals surface area contributed by atoms with E-state index in [0.29, 0.717) is 12.1 Å². The topological polar surface area (TPSA) is 73.7 Å². The van der Waals surface area contributed by atoms with Gasteiger partial charge in [0.1, 0.15) is 5.76 Å². The van der Waals surface area contributed by atoms with Gasteiger partial charge in [0.25, 0.3) is 11.7 Å². The molecule has 158 valence electrons. The molecule has 6 nitrogen and oxygen atoms in total. The molecule has 1 amide bonds. The van der Waals surface area contributed by atoms with Gasteiger partial charge < -0.3 is 14.9 Å². The maximum atomic E-state index is 13.0. The number of hydrogen-bond donors (Lipinski definition) is 1. The van der Waals surface area contributed by atoms with Crippen LogP contribution in [0.3, 0.4) is 0 Å². The second kappa shape index (κ2) is 9.67. The molecule has 1 unspecified atom stereocenters. The summed E-state index contributed by atoms with van der Waals surface area (Å²) in [4.78, 5) is 33.8. The third-order valence-corrected chi connectivity index (χ3v) is 5.65. The molecule has 30 heavy (non-hydrogen) atoms. The molecule has 1 N–H and O–H groups in total. The Balaban J connectivity index is 1.99. The number of benzene rings is 1. The smallest absolute Gasteiger partial charge is 0.295 e. The number of rotatable bonds is 8. The molecule has 1 aromatic carbocycles. The molecule has 2 aromatic rings. The number of nitrogens with zero attached hydrogens (tertiary/aromatic N) is 3. The maximum Gasteiger partial charge on any atom is 0.295 e. The molecule has 1 fully saturated rings. The standard InChI is InChI=1S/C24H29N3O3/c1-4-26(5-2)15-6-16-27-21(18-11-13-25-14-12-18)20(23(29)24(27)30)22(28)19-9-7-17(3)8-10-19/h7-14,21,28H,4-6,15-16H2,1-3H3/b22-20-. The second-order valence-corrected chi connectivity index (χ2v) is 7.52. The molecular formula is C24H29N3O3. The summed E-state index contributed by atoms with van der Waals surface area (Å²) < 4.78 is 0. The van der Waals surface area contributed by atoms with Gasteiger partial charge in [0.05, 0.1) is 11.6 Å². The fourth-order valence-corrected chi connectivity index (χ4v) is 3.87. The van der Waals surface area contributed by atoms with Crippen molar-refractivity contribution in [1.82, 2.24) is 14.8 Å². The second-order valence-electron chi connectivity index (χ2n) is 7.52. The minimum atomic E-state index is -0.641. The molecule has 1 atom stereocenters. The van der Waals surface area contributed by atoms with Crippen LogP contribution in [0.2, 0.25) is 0 Å². The Morgan fingerprint density at radius 3 is 2.30 bits per heavy atom. The Bertz CT molecular complexity index is 918. The summed E-state index contributed by atoms with van der Waals surface area (Å²) in [5.41, 5.74) is 2.48. The molecule has 0 spiro atoms. The maximum absolute atomic E-state index is 13.0. The Labute approximate surface area is 177 Å². The third-order valence-electron chi connectivity index (χ3n) is 5.65. The van der Waals surface area contributed by atoms with E-state index in [4.69, 9.17) is 0 Å². The third kappa shape index (κ3) is 4.44. The summed E-state index contributed by atoms with van der Waals surface area (Å²) in [5, 5.41) is 11.0. The van der Waals surface area contributed by atoms with Crippen molar-refractivity contribution in [3.63, 3.8) is 0 Å². The number of pyridine rings is 1. The van der Waals surface area contributed by atoms with Crippen LogP contribution in [0.15, 0.2) is 54.4 Å². The van der Waals surface area contributed by atoms with E-state index in [2.05, 4.69) is 23.7 Å². The number of hydrogen-bond acceptors (Lipinski definition) is 5. The highest BCUT2D eigenvalue weighted by Gasteiger charge is 2.45.